The molecule has 26 heavy (non-hydrogen) atoms. The Labute approximate surface area is 152 Å². The average Bonchev–Trinajstić information content (AvgIpc) is 3.47. The number of nitrogens with zero attached hydrogens (tertiary/aromatic N) is 1. The number of nitriles is 1. The Kier molecular flexibility index (Phi) is 4.02. The van der Waals surface area contributed by atoms with E-state index in [1.807, 2.05) is 42.5 Å². The molecule has 3 heteroatoms. The van der Waals surface area contributed by atoms with Gasteiger partial charge in [-0.25, -0.2) is 0 Å². The number of hydrogen-bond acceptors (Lipinski definition) is 2. The molecule has 3 aromatic carbocycles. The quantitative estimate of drug-likeness (QED) is 0.761. The van der Waals surface area contributed by atoms with E-state index in [0.717, 1.165) is 17.5 Å². The first-order valence-corrected chi connectivity index (χ1v) is 8.67. The summed E-state index contributed by atoms with van der Waals surface area (Å²) in [6.45, 7) is 0. The van der Waals surface area contributed by atoms with Gasteiger partial charge in [0.25, 0.3) is 0 Å². The molecule has 1 amide bonds. The molecule has 0 spiro atoms. The second-order valence-corrected chi connectivity index (χ2v) is 6.61. The number of anilines is 1. The molecule has 0 heterocycles. The topological polar surface area (TPSA) is 52.9 Å². The van der Waals surface area contributed by atoms with Crippen molar-refractivity contribution in [1.29, 1.82) is 5.26 Å². The van der Waals surface area contributed by atoms with Gasteiger partial charge in [0, 0.05) is 5.41 Å². The lowest BCUT2D eigenvalue weighted by Gasteiger charge is -2.19. The van der Waals surface area contributed by atoms with Crippen molar-refractivity contribution >= 4 is 11.6 Å². The van der Waals surface area contributed by atoms with Crippen LogP contribution in [0, 0.1) is 17.2 Å². The first-order chi connectivity index (χ1) is 12.8. The summed E-state index contributed by atoms with van der Waals surface area (Å²) < 4.78 is 0. The maximum absolute atomic E-state index is 13.0. The van der Waals surface area contributed by atoms with Gasteiger partial charge in [-0.3, -0.25) is 4.79 Å². The van der Waals surface area contributed by atoms with Crippen LogP contribution in [0.3, 0.4) is 0 Å². The van der Waals surface area contributed by atoms with Crippen LogP contribution in [0.25, 0.3) is 0 Å². The maximum atomic E-state index is 13.0. The monoisotopic (exact) mass is 338 g/mol. The van der Waals surface area contributed by atoms with Gasteiger partial charge >= 0.3 is 0 Å². The van der Waals surface area contributed by atoms with Crippen LogP contribution < -0.4 is 5.32 Å². The summed E-state index contributed by atoms with van der Waals surface area (Å²) in [6, 6.07) is 29.6. The van der Waals surface area contributed by atoms with Crippen LogP contribution in [0.2, 0.25) is 0 Å². The number of benzene rings is 3. The van der Waals surface area contributed by atoms with Crippen molar-refractivity contribution in [1.82, 2.24) is 0 Å². The molecule has 0 saturated heterocycles. The number of carbonyl (C=O) groups is 1. The van der Waals surface area contributed by atoms with Gasteiger partial charge in [-0.2, -0.15) is 5.26 Å². The van der Waals surface area contributed by atoms with E-state index in [1.165, 1.54) is 0 Å². The van der Waals surface area contributed by atoms with Gasteiger partial charge < -0.3 is 5.32 Å². The van der Waals surface area contributed by atoms with Gasteiger partial charge in [0.05, 0.1) is 17.2 Å². The first-order valence-electron chi connectivity index (χ1n) is 8.67. The Morgan fingerprint density at radius 2 is 1.42 bits per heavy atom. The molecule has 4 rings (SSSR count). The van der Waals surface area contributed by atoms with Gasteiger partial charge in [0.2, 0.25) is 5.91 Å². The highest BCUT2D eigenvalue weighted by atomic mass is 16.2. The zero-order valence-corrected chi connectivity index (χ0v) is 14.2. The molecule has 1 N–H and O–H groups in total. The highest BCUT2D eigenvalue weighted by Gasteiger charge is 2.60. The van der Waals surface area contributed by atoms with Crippen molar-refractivity contribution in [2.45, 2.75) is 11.8 Å². The third-order valence-electron chi connectivity index (χ3n) is 5.16. The molecule has 0 aromatic heterocycles. The second kappa shape index (κ2) is 6.50. The van der Waals surface area contributed by atoms with E-state index in [-0.39, 0.29) is 17.2 Å². The van der Waals surface area contributed by atoms with Crippen molar-refractivity contribution in [3.63, 3.8) is 0 Å². The summed E-state index contributed by atoms with van der Waals surface area (Å²) in [5.74, 6) is -0.195. The number of amides is 1. The Balaban J connectivity index is 1.67. The van der Waals surface area contributed by atoms with Crippen molar-refractivity contribution in [2.24, 2.45) is 5.92 Å². The number of carbonyl (C=O) groups excluding carboxylic acids is 1. The van der Waals surface area contributed by atoms with E-state index in [9.17, 15) is 10.1 Å². The maximum Gasteiger partial charge on any atom is 0.228 e. The van der Waals surface area contributed by atoms with Crippen LogP contribution in [-0.2, 0) is 10.2 Å². The molecule has 0 aliphatic heterocycles. The smallest absolute Gasteiger partial charge is 0.228 e. The van der Waals surface area contributed by atoms with E-state index < -0.39 is 0 Å². The standard InChI is InChI=1S/C23H18N2O/c24-16-17-9-7-8-14-21(17)25-22(26)20-15-23(20,18-10-3-1-4-11-18)19-12-5-2-6-13-19/h1-14,20H,15H2,(H,25,26)/t20-/m1/s1. The lowest BCUT2D eigenvalue weighted by atomic mass is 9.85. The molecular formula is C23H18N2O. The minimum absolute atomic E-state index is 0.0413. The largest absolute Gasteiger partial charge is 0.325 e. The van der Waals surface area contributed by atoms with Gasteiger partial charge in [-0.05, 0) is 29.7 Å². The Morgan fingerprint density at radius 3 is 2.00 bits per heavy atom. The Bertz CT molecular complexity index is 934. The van der Waals surface area contributed by atoms with Gasteiger partial charge in [-0.1, -0.05) is 72.8 Å². The van der Waals surface area contributed by atoms with Crippen molar-refractivity contribution in [3.8, 4) is 6.07 Å². The van der Waals surface area contributed by atoms with Crippen LogP contribution in [0.5, 0.6) is 0 Å². The number of para-hydroxylation sites is 1. The molecule has 1 saturated carbocycles. The first kappa shape index (κ1) is 16.1. The highest BCUT2D eigenvalue weighted by molar-refractivity contribution is 5.98. The van der Waals surface area contributed by atoms with E-state index in [1.54, 1.807) is 18.2 Å². The summed E-state index contributed by atoms with van der Waals surface area (Å²) in [4.78, 5) is 13.0. The summed E-state index contributed by atoms with van der Waals surface area (Å²) >= 11 is 0. The minimum atomic E-state index is -0.297. The lowest BCUT2D eigenvalue weighted by molar-refractivity contribution is -0.117. The third-order valence-corrected chi connectivity index (χ3v) is 5.16. The fraction of sp³-hybridized carbons (Fsp3) is 0.130. The minimum Gasteiger partial charge on any atom is -0.325 e. The van der Waals surface area contributed by atoms with Crippen LogP contribution in [0.1, 0.15) is 23.1 Å². The molecule has 0 radical (unpaired) electrons. The van der Waals surface area contributed by atoms with Gasteiger partial charge in [0.15, 0.2) is 0 Å². The van der Waals surface area contributed by atoms with Crippen molar-refractivity contribution in [3.05, 3.63) is 102 Å². The molecule has 3 nitrogen and oxygen atoms in total. The van der Waals surface area contributed by atoms with Gasteiger partial charge in [-0.15, -0.1) is 0 Å². The predicted molar refractivity (Wildman–Crippen MR) is 102 cm³/mol. The van der Waals surface area contributed by atoms with E-state index in [0.29, 0.717) is 11.3 Å². The lowest BCUT2D eigenvalue weighted by Crippen LogP contribution is -2.22. The van der Waals surface area contributed by atoms with Crippen LogP contribution in [0.4, 0.5) is 5.69 Å². The molecule has 0 unspecified atom stereocenters. The molecule has 1 aliphatic carbocycles. The fourth-order valence-electron chi connectivity index (χ4n) is 3.76. The van der Waals surface area contributed by atoms with Crippen LogP contribution in [-0.4, -0.2) is 5.91 Å². The second-order valence-electron chi connectivity index (χ2n) is 6.61. The van der Waals surface area contributed by atoms with Crippen LogP contribution in [0.15, 0.2) is 84.9 Å². The average molecular weight is 338 g/mol. The predicted octanol–water partition coefficient (Wildman–Crippen LogP) is 4.50. The summed E-state index contributed by atoms with van der Waals surface area (Å²) in [5, 5.41) is 12.2. The molecule has 1 atom stereocenters. The van der Waals surface area contributed by atoms with E-state index in [4.69, 9.17) is 0 Å². The SMILES string of the molecule is N#Cc1ccccc1NC(=O)[C@H]1CC1(c1ccccc1)c1ccccc1. The fourth-order valence-corrected chi connectivity index (χ4v) is 3.76. The highest BCUT2D eigenvalue weighted by Crippen LogP contribution is 2.59. The number of rotatable bonds is 4. The van der Waals surface area contributed by atoms with Gasteiger partial charge in [0.1, 0.15) is 6.07 Å². The molecule has 3 aromatic rings. The van der Waals surface area contributed by atoms with Crippen molar-refractivity contribution in [2.75, 3.05) is 5.32 Å². The zero-order valence-electron chi connectivity index (χ0n) is 14.2. The molecule has 0 bridgehead atoms. The zero-order chi connectivity index (χ0) is 18.0. The molecule has 126 valence electrons. The van der Waals surface area contributed by atoms with Crippen molar-refractivity contribution < 1.29 is 4.79 Å². The molecular weight excluding hydrogens is 320 g/mol. The normalized spacial score (nSPS) is 17.1. The number of nitrogens with one attached hydrogen (secondary N) is 1. The molecule has 1 aliphatic rings. The Hall–Kier alpha value is -3.38. The summed E-state index contributed by atoms with van der Waals surface area (Å²) in [6.07, 6.45) is 0.765. The van der Waals surface area contributed by atoms with E-state index >= 15 is 0 Å². The third kappa shape index (κ3) is 2.66. The number of hydrogen-bond donors (Lipinski definition) is 1. The van der Waals surface area contributed by atoms with Crippen LogP contribution >= 0.6 is 0 Å². The summed E-state index contributed by atoms with van der Waals surface area (Å²) in [7, 11) is 0. The summed E-state index contributed by atoms with van der Waals surface area (Å²) in [5.41, 5.74) is 3.06. The van der Waals surface area contributed by atoms with E-state index in [2.05, 4.69) is 35.7 Å². The Morgan fingerprint density at radius 1 is 0.885 bits per heavy atom. The molecule has 1 fully saturated rings.